The van der Waals surface area contributed by atoms with Crippen molar-refractivity contribution in [2.24, 2.45) is 10.8 Å². The maximum absolute atomic E-state index is 12.8. The number of hydrogen-bond acceptors (Lipinski definition) is 4. The first kappa shape index (κ1) is 22.1. The number of pyridine rings is 1. The maximum Gasteiger partial charge on any atom is 0.270 e. The van der Waals surface area contributed by atoms with Crippen molar-refractivity contribution in [3.63, 3.8) is 0 Å². The number of rotatable bonds is 5. The van der Waals surface area contributed by atoms with Gasteiger partial charge >= 0.3 is 0 Å². The summed E-state index contributed by atoms with van der Waals surface area (Å²) in [5.74, 6) is 0.796. The zero-order chi connectivity index (χ0) is 22.3. The SMILES string of the molecule is CC(C)c1ccc(C(=O)NC2C(C)(C)C(Oc3ccc(C#N)c(Cl)c3)C2(C)C)nc1. The van der Waals surface area contributed by atoms with Crippen LogP contribution in [0, 0.1) is 22.2 Å². The van der Waals surface area contributed by atoms with Crippen LogP contribution in [-0.4, -0.2) is 23.0 Å². The van der Waals surface area contributed by atoms with Crippen LogP contribution in [0.3, 0.4) is 0 Å². The molecule has 1 aromatic carbocycles. The number of nitrogens with zero attached hydrogens (tertiary/aromatic N) is 2. The molecule has 2 aromatic rings. The molecule has 0 saturated heterocycles. The molecule has 30 heavy (non-hydrogen) atoms. The Bertz CT molecular complexity index is 975. The number of hydrogen-bond donors (Lipinski definition) is 1. The van der Waals surface area contributed by atoms with E-state index < -0.39 is 0 Å². The summed E-state index contributed by atoms with van der Waals surface area (Å²) in [7, 11) is 0. The molecule has 5 nitrogen and oxygen atoms in total. The van der Waals surface area contributed by atoms with Gasteiger partial charge in [0, 0.05) is 29.1 Å². The van der Waals surface area contributed by atoms with E-state index in [1.807, 2.05) is 12.1 Å². The Balaban J connectivity index is 1.74. The number of aromatic nitrogens is 1. The van der Waals surface area contributed by atoms with Crippen LogP contribution in [0.2, 0.25) is 5.02 Å². The van der Waals surface area contributed by atoms with E-state index in [1.165, 1.54) is 0 Å². The van der Waals surface area contributed by atoms with E-state index in [9.17, 15) is 4.79 Å². The van der Waals surface area contributed by atoms with Gasteiger partial charge in [-0.3, -0.25) is 9.78 Å². The first-order chi connectivity index (χ1) is 14.0. The van der Waals surface area contributed by atoms with Gasteiger partial charge in [-0.1, -0.05) is 59.2 Å². The molecule has 0 bridgehead atoms. The average molecular weight is 426 g/mol. The van der Waals surface area contributed by atoms with Gasteiger partial charge in [0.2, 0.25) is 0 Å². The first-order valence-corrected chi connectivity index (χ1v) is 10.5. The number of nitrogens with one attached hydrogen (secondary N) is 1. The molecule has 1 heterocycles. The summed E-state index contributed by atoms with van der Waals surface area (Å²) in [5, 5.41) is 12.6. The lowest BCUT2D eigenvalue weighted by Gasteiger charge is -2.63. The Labute approximate surface area is 183 Å². The summed E-state index contributed by atoms with van der Waals surface area (Å²) in [5.41, 5.74) is 1.31. The Kier molecular flexibility index (Phi) is 5.84. The minimum atomic E-state index is -0.308. The summed E-state index contributed by atoms with van der Waals surface area (Å²) in [6, 6.07) is 10.7. The van der Waals surface area contributed by atoms with Crippen LogP contribution in [0.25, 0.3) is 0 Å². The minimum Gasteiger partial charge on any atom is -0.489 e. The molecular weight excluding hydrogens is 398 g/mol. The quantitative estimate of drug-likeness (QED) is 0.701. The van der Waals surface area contributed by atoms with Crippen LogP contribution in [-0.2, 0) is 0 Å². The van der Waals surface area contributed by atoms with Gasteiger partial charge in [0.25, 0.3) is 5.91 Å². The normalized spacial score (nSPS) is 21.4. The van der Waals surface area contributed by atoms with Crippen molar-refractivity contribution in [3.05, 3.63) is 58.4 Å². The number of benzene rings is 1. The summed E-state index contributed by atoms with van der Waals surface area (Å²) >= 11 is 6.15. The third-order valence-corrected chi connectivity index (χ3v) is 6.43. The predicted molar refractivity (Wildman–Crippen MR) is 118 cm³/mol. The molecule has 1 aliphatic carbocycles. The van der Waals surface area contributed by atoms with Crippen molar-refractivity contribution < 1.29 is 9.53 Å². The second-order valence-corrected chi connectivity index (χ2v) is 9.84. The van der Waals surface area contributed by atoms with E-state index >= 15 is 0 Å². The molecule has 1 N–H and O–H groups in total. The number of halogens is 1. The molecule has 1 saturated carbocycles. The highest BCUT2D eigenvalue weighted by atomic mass is 35.5. The summed E-state index contributed by atoms with van der Waals surface area (Å²) in [4.78, 5) is 17.2. The van der Waals surface area contributed by atoms with Gasteiger partial charge in [-0.2, -0.15) is 5.26 Å². The molecule has 6 heteroatoms. The topological polar surface area (TPSA) is 75.0 Å². The fraction of sp³-hybridized carbons (Fsp3) is 0.458. The lowest BCUT2D eigenvalue weighted by molar-refractivity contribution is -0.164. The molecule has 0 unspecified atom stereocenters. The van der Waals surface area contributed by atoms with Crippen molar-refractivity contribution in [3.8, 4) is 11.8 Å². The largest absolute Gasteiger partial charge is 0.489 e. The van der Waals surface area contributed by atoms with Gasteiger partial charge in [-0.25, -0.2) is 0 Å². The van der Waals surface area contributed by atoms with Crippen LogP contribution in [0.1, 0.15) is 69.1 Å². The van der Waals surface area contributed by atoms with E-state index in [-0.39, 0.29) is 28.9 Å². The highest BCUT2D eigenvalue weighted by Crippen LogP contribution is 2.55. The zero-order valence-corrected chi connectivity index (χ0v) is 19.0. The van der Waals surface area contributed by atoms with Crippen LogP contribution >= 0.6 is 11.6 Å². The Morgan fingerprint density at radius 3 is 2.37 bits per heavy atom. The highest BCUT2D eigenvalue weighted by molar-refractivity contribution is 6.31. The van der Waals surface area contributed by atoms with Crippen LogP contribution < -0.4 is 10.1 Å². The highest BCUT2D eigenvalue weighted by Gasteiger charge is 2.64. The molecule has 1 aliphatic rings. The molecule has 0 radical (unpaired) electrons. The molecule has 1 fully saturated rings. The molecular formula is C24H28ClN3O2. The zero-order valence-electron chi connectivity index (χ0n) is 18.3. The molecule has 1 amide bonds. The number of nitriles is 1. The summed E-state index contributed by atoms with van der Waals surface area (Å²) in [6.07, 6.45) is 1.62. The lowest BCUT2D eigenvalue weighted by Crippen LogP contribution is -2.74. The van der Waals surface area contributed by atoms with E-state index in [0.29, 0.717) is 27.9 Å². The van der Waals surface area contributed by atoms with Crippen molar-refractivity contribution in [1.82, 2.24) is 10.3 Å². The fourth-order valence-corrected chi connectivity index (χ4v) is 4.89. The van der Waals surface area contributed by atoms with Crippen molar-refractivity contribution >= 4 is 17.5 Å². The molecule has 0 atom stereocenters. The second-order valence-electron chi connectivity index (χ2n) is 9.43. The Morgan fingerprint density at radius 2 is 1.87 bits per heavy atom. The minimum absolute atomic E-state index is 0.0945. The number of ether oxygens (including phenoxy) is 1. The van der Waals surface area contributed by atoms with Gasteiger partial charge in [-0.05, 0) is 29.7 Å². The molecule has 0 aliphatic heterocycles. The molecule has 1 aromatic heterocycles. The van der Waals surface area contributed by atoms with Crippen molar-refractivity contribution in [2.45, 2.75) is 59.6 Å². The standard InChI is InChI=1S/C24H28ClN3O2/c1-14(2)16-8-10-19(27-13-16)20(29)28-21-23(3,4)22(24(21,5)6)30-17-9-7-15(12-26)18(25)11-17/h7-11,13-14,21-22H,1-6H3,(H,28,29). The third kappa shape index (κ3) is 3.89. The monoisotopic (exact) mass is 425 g/mol. The number of amides is 1. The van der Waals surface area contributed by atoms with Crippen LogP contribution in [0.5, 0.6) is 5.75 Å². The Morgan fingerprint density at radius 1 is 1.20 bits per heavy atom. The first-order valence-electron chi connectivity index (χ1n) is 10.1. The average Bonchev–Trinajstić information content (AvgIpc) is 2.69. The second kappa shape index (κ2) is 7.92. The van der Waals surface area contributed by atoms with Crippen molar-refractivity contribution in [1.29, 1.82) is 5.26 Å². The summed E-state index contributed by atoms with van der Waals surface area (Å²) < 4.78 is 6.26. The third-order valence-electron chi connectivity index (χ3n) is 6.12. The number of carbonyl (C=O) groups excluding carboxylic acids is 1. The smallest absolute Gasteiger partial charge is 0.270 e. The van der Waals surface area contributed by atoms with Gasteiger partial charge in [0.05, 0.1) is 10.6 Å². The van der Waals surface area contributed by atoms with E-state index in [1.54, 1.807) is 30.5 Å². The van der Waals surface area contributed by atoms with Gasteiger partial charge in [-0.15, -0.1) is 0 Å². The predicted octanol–water partition coefficient (Wildman–Crippen LogP) is 5.34. The molecule has 3 rings (SSSR count). The van der Waals surface area contributed by atoms with E-state index in [2.05, 4.69) is 51.8 Å². The molecule has 158 valence electrons. The molecule has 0 spiro atoms. The van der Waals surface area contributed by atoms with E-state index in [4.69, 9.17) is 21.6 Å². The maximum atomic E-state index is 12.8. The van der Waals surface area contributed by atoms with Crippen LogP contribution in [0.4, 0.5) is 0 Å². The number of carbonyl (C=O) groups is 1. The van der Waals surface area contributed by atoms with Gasteiger partial charge in [0.15, 0.2) is 0 Å². The summed E-state index contributed by atoms with van der Waals surface area (Å²) in [6.45, 7) is 12.5. The lowest BCUT2D eigenvalue weighted by atomic mass is 9.49. The fourth-order valence-electron chi connectivity index (χ4n) is 4.68. The Hall–Kier alpha value is -2.58. The van der Waals surface area contributed by atoms with Crippen molar-refractivity contribution in [2.75, 3.05) is 0 Å². The van der Waals surface area contributed by atoms with Gasteiger partial charge in [0.1, 0.15) is 23.6 Å². The van der Waals surface area contributed by atoms with Crippen LogP contribution in [0.15, 0.2) is 36.5 Å². The van der Waals surface area contributed by atoms with Gasteiger partial charge < -0.3 is 10.1 Å². The van der Waals surface area contributed by atoms with E-state index in [0.717, 1.165) is 5.56 Å².